The minimum absolute atomic E-state index is 1.10. The van der Waals surface area contributed by atoms with Crippen LogP contribution in [0.1, 0.15) is 0 Å². The van der Waals surface area contributed by atoms with Gasteiger partial charge in [0.25, 0.3) is 0 Å². The van der Waals surface area contributed by atoms with E-state index in [0.29, 0.717) is 0 Å². The van der Waals surface area contributed by atoms with Crippen LogP contribution in [0.15, 0.2) is 249 Å². The van der Waals surface area contributed by atoms with E-state index in [2.05, 4.69) is 263 Å². The van der Waals surface area contributed by atoms with Crippen molar-refractivity contribution in [1.82, 2.24) is 8.97 Å². The van der Waals surface area contributed by atoms with E-state index in [1.165, 1.54) is 80.6 Å². The van der Waals surface area contributed by atoms with Crippen LogP contribution >= 0.6 is 0 Å². The lowest BCUT2D eigenvalue weighted by molar-refractivity contribution is 1.18. The molecule has 0 saturated carbocycles. The summed E-state index contributed by atoms with van der Waals surface area (Å²) in [7, 11) is -2.73. The highest BCUT2D eigenvalue weighted by Gasteiger charge is 2.41. The van der Waals surface area contributed by atoms with Crippen LogP contribution in [0.5, 0.6) is 0 Å². The van der Waals surface area contributed by atoms with Crippen LogP contribution < -0.4 is 25.6 Å². The van der Waals surface area contributed by atoms with E-state index in [1.807, 2.05) is 0 Å². The minimum atomic E-state index is -2.73. The molecular weight excluding hydrogens is 791 g/mol. The molecule has 0 radical (unpaired) electrons. The van der Waals surface area contributed by atoms with E-state index >= 15 is 0 Å². The zero-order chi connectivity index (χ0) is 42.2. The smallest absolute Gasteiger partial charge is 0.179 e. The summed E-state index contributed by atoms with van der Waals surface area (Å²) in [6.45, 7) is 0. The van der Waals surface area contributed by atoms with Gasteiger partial charge in [-0.05, 0) is 93.5 Å². The number of hydrogen-bond acceptors (Lipinski definition) is 1. The molecule has 0 N–H and O–H groups in total. The van der Waals surface area contributed by atoms with Gasteiger partial charge in [-0.1, -0.05) is 176 Å². The maximum Gasteiger partial charge on any atom is 0.179 e. The number of hydrogen-bond donors (Lipinski definition) is 0. The van der Waals surface area contributed by atoms with Crippen molar-refractivity contribution in [2.75, 3.05) is 4.90 Å². The van der Waals surface area contributed by atoms with Crippen LogP contribution in [-0.2, 0) is 0 Å². The summed E-state index contributed by atoms with van der Waals surface area (Å²) in [6.07, 6.45) is 0. The molecule has 64 heavy (non-hydrogen) atoms. The topological polar surface area (TPSA) is 12.6 Å². The number of fused-ring (bicyclic) bond motifs is 9. The lowest BCUT2D eigenvalue weighted by Crippen LogP contribution is -2.74. The van der Waals surface area contributed by atoms with Gasteiger partial charge in [0, 0.05) is 55.1 Å². The van der Waals surface area contributed by atoms with Crippen LogP contribution in [0.2, 0.25) is 0 Å². The Morgan fingerprint density at radius 3 is 1.27 bits per heavy atom. The number of aromatic nitrogens is 2. The Labute approximate surface area is 372 Å². The normalized spacial score (nSPS) is 12.1. The molecule has 0 saturated heterocycles. The first kappa shape index (κ1) is 36.5. The summed E-state index contributed by atoms with van der Waals surface area (Å²) >= 11 is 0. The van der Waals surface area contributed by atoms with Gasteiger partial charge in [-0.3, -0.25) is 0 Å². The van der Waals surface area contributed by atoms with Crippen molar-refractivity contribution in [2.24, 2.45) is 0 Å². The maximum atomic E-state index is 2.46. The predicted molar refractivity (Wildman–Crippen MR) is 274 cm³/mol. The Bertz CT molecular complexity index is 3720. The Kier molecular flexibility index (Phi) is 8.23. The van der Waals surface area contributed by atoms with Gasteiger partial charge in [0.05, 0.1) is 27.6 Å². The molecule has 0 aliphatic rings. The second kappa shape index (κ2) is 14.5. The van der Waals surface area contributed by atoms with E-state index < -0.39 is 8.07 Å². The summed E-state index contributed by atoms with van der Waals surface area (Å²) in [5, 5.41) is 13.0. The molecule has 0 bridgehead atoms. The fourth-order valence-corrected chi connectivity index (χ4v) is 15.6. The van der Waals surface area contributed by atoms with Gasteiger partial charge in [0.2, 0.25) is 0 Å². The van der Waals surface area contributed by atoms with Gasteiger partial charge in [-0.15, -0.1) is 0 Å². The number of rotatable bonds is 8. The maximum absolute atomic E-state index is 2.73. The summed E-state index contributed by atoms with van der Waals surface area (Å²) in [4.78, 5) is 2.46. The van der Waals surface area contributed by atoms with Crippen LogP contribution in [0.4, 0.5) is 17.1 Å². The third-order valence-electron chi connectivity index (χ3n) is 13.6. The molecule has 0 aliphatic heterocycles. The van der Waals surface area contributed by atoms with Crippen LogP contribution in [0, 0.1) is 0 Å². The van der Waals surface area contributed by atoms with Crippen LogP contribution in [0.3, 0.4) is 0 Å². The predicted octanol–water partition coefficient (Wildman–Crippen LogP) is 12.8. The summed E-state index contributed by atoms with van der Waals surface area (Å²) in [6, 6.07) is 92.2. The molecule has 300 valence electrons. The molecule has 3 aromatic heterocycles. The lowest BCUT2D eigenvalue weighted by Gasteiger charge is -2.35. The highest BCUT2D eigenvalue weighted by Crippen LogP contribution is 2.44. The highest BCUT2D eigenvalue weighted by molar-refractivity contribution is 7.19. The van der Waals surface area contributed by atoms with Crippen molar-refractivity contribution in [3.8, 4) is 5.69 Å². The van der Waals surface area contributed by atoms with Crippen molar-refractivity contribution in [3.05, 3.63) is 249 Å². The lowest BCUT2D eigenvalue weighted by atomic mass is 10.1. The molecule has 13 aromatic rings. The first-order valence-corrected chi connectivity index (χ1v) is 24.1. The number of benzene rings is 10. The average Bonchev–Trinajstić information content (AvgIpc) is 4.01. The van der Waals surface area contributed by atoms with Gasteiger partial charge in [0.15, 0.2) is 8.07 Å². The summed E-state index contributed by atoms with van der Waals surface area (Å²) in [5.74, 6) is 0. The molecule has 0 unspecified atom stereocenters. The standard InChI is InChI=1S/C60H41N3Si/c1-5-18-42(19-6-1)62-56-30-15-14-27-51(56)54-40-44(34-38-58(54)62)61(45-35-39-59-55(41-45)53-29-17-28-52-50-26-13-16-31-57(50)63(59)60(52)53)43-32-36-49(37-33-43)64(46-20-7-2-8-21-46,47-22-9-3-10-23-47)48-24-11-4-12-25-48/h1-41H. The van der Waals surface area contributed by atoms with E-state index in [1.54, 1.807) is 0 Å². The van der Waals surface area contributed by atoms with Crippen molar-refractivity contribution < 1.29 is 0 Å². The summed E-state index contributed by atoms with van der Waals surface area (Å²) in [5.41, 5.74) is 10.6. The quantitative estimate of drug-likeness (QED) is 0.110. The fourth-order valence-electron chi connectivity index (χ4n) is 10.9. The van der Waals surface area contributed by atoms with E-state index in [9.17, 15) is 0 Å². The Morgan fingerprint density at radius 1 is 0.281 bits per heavy atom. The molecule has 3 nitrogen and oxygen atoms in total. The van der Waals surface area contributed by atoms with Crippen LogP contribution in [0.25, 0.3) is 65.6 Å². The van der Waals surface area contributed by atoms with E-state index in [-0.39, 0.29) is 0 Å². The Balaban J connectivity index is 1.05. The van der Waals surface area contributed by atoms with Crippen LogP contribution in [-0.4, -0.2) is 17.0 Å². The van der Waals surface area contributed by atoms with Gasteiger partial charge < -0.3 is 13.9 Å². The average molecular weight is 832 g/mol. The molecule has 0 atom stereocenters. The molecular formula is C60H41N3Si. The number of nitrogens with zero attached hydrogens (tertiary/aromatic N) is 3. The second-order valence-electron chi connectivity index (χ2n) is 16.9. The zero-order valence-electron chi connectivity index (χ0n) is 35.0. The van der Waals surface area contributed by atoms with E-state index in [4.69, 9.17) is 0 Å². The molecule has 13 rings (SSSR count). The van der Waals surface area contributed by atoms with Gasteiger partial charge in [0.1, 0.15) is 0 Å². The van der Waals surface area contributed by atoms with E-state index in [0.717, 1.165) is 22.7 Å². The third kappa shape index (κ3) is 5.33. The van der Waals surface area contributed by atoms with Crippen molar-refractivity contribution in [1.29, 1.82) is 0 Å². The highest BCUT2D eigenvalue weighted by atomic mass is 28.3. The first-order chi connectivity index (χ1) is 31.8. The molecule has 0 amide bonds. The largest absolute Gasteiger partial charge is 0.310 e. The van der Waals surface area contributed by atoms with Crippen molar-refractivity contribution >= 4 is 106 Å². The second-order valence-corrected chi connectivity index (χ2v) is 20.7. The minimum Gasteiger partial charge on any atom is -0.310 e. The molecule has 10 aromatic carbocycles. The van der Waals surface area contributed by atoms with Crippen molar-refractivity contribution in [2.45, 2.75) is 0 Å². The fraction of sp³-hybridized carbons (Fsp3) is 0. The number of para-hydroxylation sites is 4. The first-order valence-electron chi connectivity index (χ1n) is 22.1. The monoisotopic (exact) mass is 831 g/mol. The van der Waals surface area contributed by atoms with Gasteiger partial charge in [-0.2, -0.15) is 0 Å². The van der Waals surface area contributed by atoms with Gasteiger partial charge >= 0.3 is 0 Å². The molecule has 0 spiro atoms. The third-order valence-corrected chi connectivity index (χ3v) is 18.4. The molecule has 4 heteroatoms. The molecule has 0 fully saturated rings. The zero-order valence-corrected chi connectivity index (χ0v) is 36.0. The number of anilines is 3. The summed E-state index contributed by atoms with van der Waals surface area (Å²) < 4.78 is 4.85. The Morgan fingerprint density at radius 2 is 0.672 bits per heavy atom. The van der Waals surface area contributed by atoms with Gasteiger partial charge in [-0.25, -0.2) is 0 Å². The molecule has 0 aliphatic carbocycles. The Hall–Kier alpha value is -8.18. The van der Waals surface area contributed by atoms with Crippen molar-refractivity contribution in [3.63, 3.8) is 0 Å². The molecule has 3 heterocycles. The SMILES string of the molecule is c1ccc(-n2c3ccccc3c3cc(N(c4ccc([Si](c5ccccc5)(c5ccccc5)c5ccccc5)cc4)c4ccc5c(c4)c4cccc6c7ccccc7n5c64)ccc32)cc1.